The lowest BCUT2D eigenvalue weighted by Crippen LogP contribution is -2.30. The summed E-state index contributed by atoms with van der Waals surface area (Å²) >= 11 is 0. The van der Waals surface area contributed by atoms with Gasteiger partial charge in [0.1, 0.15) is 0 Å². The van der Waals surface area contributed by atoms with E-state index in [0.717, 1.165) is 18.5 Å². The van der Waals surface area contributed by atoms with Gasteiger partial charge >= 0.3 is 0 Å². The molecule has 0 saturated carbocycles. The van der Waals surface area contributed by atoms with Gasteiger partial charge in [0.25, 0.3) is 0 Å². The number of aromatic nitrogens is 1. The highest BCUT2D eigenvalue weighted by molar-refractivity contribution is 5.86. The fourth-order valence-electron chi connectivity index (χ4n) is 3.41. The molecular weight excluding hydrogens is 270 g/mol. The van der Waals surface area contributed by atoms with Gasteiger partial charge in [-0.25, -0.2) is 0 Å². The Morgan fingerprint density at radius 1 is 1.14 bits per heavy atom. The van der Waals surface area contributed by atoms with Crippen LogP contribution in [0.1, 0.15) is 34.0 Å². The van der Waals surface area contributed by atoms with Crippen LogP contribution >= 0.6 is 0 Å². The van der Waals surface area contributed by atoms with Crippen molar-refractivity contribution in [1.82, 2.24) is 10.3 Å². The molecule has 22 heavy (non-hydrogen) atoms. The molecule has 3 N–H and O–H groups in total. The van der Waals surface area contributed by atoms with Gasteiger partial charge in [0.2, 0.25) is 0 Å². The Kier molecular flexibility index (Phi) is 3.09. The normalized spacial score (nSPS) is 17.4. The molecule has 3 aromatic rings. The summed E-state index contributed by atoms with van der Waals surface area (Å²) in [5.74, 6) is 0. The topological polar surface area (TPSA) is 51.7 Å². The SMILES string of the molecule is Cc1ccc2[nH]c3c(c2c1)CCNC3c1ccc(C=N)cc1. The Labute approximate surface area is 129 Å². The fourth-order valence-corrected chi connectivity index (χ4v) is 3.41. The number of rotatable bonds is 2. The summed E-state index contributed by atoms with van der Waals surface area (Å²) in [5.41, 5.74) is 7.44. The number of aromatic amines is 1. The van der Waals surface area contributed by atoms with Gasteiger partial charge in [-0.2, -0.15) is 0 Å². The lowest BCUT2D eigenvalue weighted by atomic mass is 9.93. The molecule has 0 radical (unpaired) electrons. The number of hydrogen-bond donors (Lipinski definition) is 3. The summed E-state index contributed by atoms with van der Waals surface area (Å²) < 4.78 is 0. The summed E-state index contributed by atoms with van der Waals surface area (Å²) in [6, 6.07) is 15.1. The van der Waals surface area contributed by atoms with Crippen LogP contribution in [0, 0.1) is 12.3 Å². The predicted molar refractivity (Wildman–Crippen MR) is 90.9 cm³/mol. The molecular formula is C19H19N3. The Bertz CT molecular complexity index is 843. The summed E-state index contributed by atoms with van der Waals surface area (Å²) in [6.45, 7) is 3.14. The average molecular weight is 289 g/mol. The van der Waals surface area contributed by atoms with Crippen LogP contribution in [0.5, 0.6) is 0 Å². The number of H-pyrrole nitrogens is 1. The van der Waals surface area contributed by atoms with Crippen molar-refractivity contribution in [2.75, 3.05) is 6.54 Å². The number of benzene rings is 2. The first kappa shape index (κ1) is 13.3. The molecule has 1 unspecified atom stereocenters. The first-order valence-corrected chi connectivity index (χ1v) is 7.71. The van der Waals surface area contributed by atoms with Gasteiger partial charge in [0.05, 0.1) is 6.04 Å². The lowest BCUT2D eigenvalue weighted by Gasteiger charge is -2.25. The minimum absolute atomic E-state index is 0.205. The van der Waals surface area contributed by atoms with Crippen molar-refractivity contribution in [3.8, 4) is 0 Å². The largest absolute Gasteiger partial charge is 0.357 e. The molecule has 4 rings (SSSR count). The summed E-state index contributed by atoms with van der Waals surface area (Å²) in [6.07, 6.45) is 2.45. The first-order chi connectivity index (χ1) is 10.8. The zero-order chi connectivity index (χ0) is 15.1. The fraction of sp³-hybridized carbons (Fsp3) is 0.211. The zero-order valence-electron chi connectivity index (χ0n) is 12.6. The van der Waals surface area contributed by atoms with Crippen LogP contribution in [0.15, 0.2) is 42.5 Å². The number of aryl methyl sites for hydroxylation is 1. The molecule has 3 heteroatoms. The average Bonchev–Trinajstić information content (AvgIpc) is 2.93. The van der Waals surface area contributed by atoms with Crippen LogP contribution in [0.3, 0.4) is 0 Å². The van der Waals surface area contributed by atoms with Gasteiger partial charge in [0.15, 0.2) is 0 Å². The third kappa shape index (κ3) is 2.06. The van der Waals surface area contributed by atoms with Crippen LogP contribution in [0.25, 0.3) is 10.9 Å². The summed E-state index contributed by atoms with van der Waals surface area (Å²) in [7, 11) is 0. The molecule has 0 spiro atoms. The molecule has 0 bridgehead atoms. The van der Waals surface area contributed by atoms with E-state index in [9.17, 15) is 0 Å². The van der Waals surface area contributed by atoms with E-state index in [1.54, 1.807) is 0 Å². The Morgan fingerprint density at radius 3 is 2.73 bits per heavy atom. The van der Waals surface area contributed by atoms with Gasteiger partial charge in [-0.1, -0.05) is 35.9 Å². The lowest BCUT2D eigenvalue weighted by molar-refractivity contribution is 0.560. The third-order valence-electron chi connectivity index (χ3n) is 4.54. The number of hydrogen-bond acceptors (Lipinski definition) is 2. The number of fused-ring (bicyclic) bond motifs is 3. The van der Waals surface area contributed by atoms with Gasteiger partial charge in [-0.05, 0) is 42.2 Å². The van der Waals surface area contributed by atoms with Crippen molar-refractivity contribution in [2.24, 2.45) is 0 Å². The first-order valence-electron chi connectivity index (χ1n) is 7.71. The molecule has 1 aliphatic rings. The molecule has 0 amide bonds. The summed E-state index contributed by atoms with van der Waals surface area (Å²) in [4.78, 5) is 3.61. The predicted octanol–water partition coefficient (Wildman–Crippen LogP) is 3.71. The van der Waals surface area contributed by atoms with E-state index >= 15 is 0 Å². The Balaban J connectivity index is 1.84. The third-order valence-corrected chi connectivity index (χ3v) is 4.54. The molecule has 110 valence electrons. The molecule has 0 aliphatic carbocycles. The highest BCUT2D eigenvalue weighted by Crippen LogP contribution is 2.33. The molecule has 3 nitrogen and oxygen atoms in total. The molecule has 1 aliphatic heterocycles. The molecule has 0 saturated heterocycles. The van der Waals surface area contributed by atoms with Crippen LogP contribution < -0.4 is 5.32 Å². The highest BCUT2D eigenvalue weighted by atomic mass is 15.0. The van der Waals surface area contributed by atoms with Gasteiger partial charge < -0.3 is 15.7 Å². The van der Waals surface area contributed by atoms with Crippen molar-refractivity contribution in [3.63, 3.8) is 0 Å². The van der Waals surface area contributed by atoms with Gasteiger partial charge in [0, 0.05) is 29.4 Å². The number of nitrogens with one attached hydrogen (secondary N) is 3. The Hall–Kier alpha value is -2.39. The maximum absolute atomic E-state index is 7.32. The van der Waals surface area contributed by atoms with Gasteiger partial charge in [-0.3, -0.25) is 0 Å². The summed E-state index contributed by atoms with van der Waals surface area (Å²) in [5, 5.41) is 12.3. The minimum Gasteiger partial charge on any atom is -0.357 e. The van der Waals surface area contributed by atoms with Gasteiger partial charge in [-0.15, -0.1) is 0 Å². The van der Waals surface area contributed by atoms with E-state index in [2.05, 4.69) is 47.6 Å². The second kappa shape index (κ2) is 5.11. The van der Waals surface area contributed by atoms with Crippen molar-refractivity contribution < 1.29 is 0 Å². The quantitative estimate of drug-likeness (QED) is 0.619. The monoisotopic (exact) mass is 289 g/mol. The maximum Gasteiger partial charge on any atom is 0.0732 e. The second-order valence-electron chi connectivity index (χ2n) is 6.01. The Morgan fingerprint density at radius 2 is 1.95 bits per heavy atom. The smallest absolute Gasteiger partial charge is 0.0732 e. The van der Waals surface area contributed by atoms with Crippen LogP contribution in [-0.2, 0) is 6.42 Å². The van der Waals surface area contributed by atoms with E-state index in [0.29, 0.717) is 0 Å². The van der Waals surface area contributed by atoms with Crippen LogP contribution in [0.2, 0.25) is 0 Å². The van der Waals surface area contributed by atoms with E-state index in [4.69, 9.17) is 5.41 Å². The zero-order valence-corrected chi connectivity index (χ0v) is 12.6. The van der Waals surface area contributed by atoms with Crippen molar-refractivity contribution in [3.05, 3.63) is 70.4 Å². The van der Waals surface area contributed by atoms with Crippen molar-refractivity contribution in [1.29, 1.82) is 5.41 Å². The van der Waals surface area contributed by atoms with E-state index in [1.807, 2.05) is 12.1 Å². The molecule has 0 fully saturated rings. The minimum atomic E-state index is 0.205. The second-order valence-corrected chi connectivity index (χ2v) is 6.01. The van der Waals surface area contributed by atoms with Crippen molar-refractivity contribution in [2.45, 2.75) is 19.4 Å². The van der Waals surface area contributed by atoms with E-state index in [-0.39, 0.29) is 6.04 Å². The van der Waals surface area contributed by atoms with Crippen molar-refractivity contribution >= 4 is 17.1 Å². The van der Waals surface area contributed by atoms with E-state index < -0.39 is 0 Å². The maximum atomic E-state index is 7.32. The molecule has 1 aromatic heterocycles. The molecule has 2 aromatic carbocycles. The standard InChI is InChI=1S/C19H19N3/c1-12-2-7-17-16(10-12)15-8-9-21-18(19(15)22-17)14-5-3-13(11-20)4-6-14/h2-7,10-11,18,20-22H,8-9H2,1H3. The molecule has 1 atom stereocenters. The van der Waals surface area contributed by atoms with E-state index in [1.165, 1.54) is 39.5 Å². The molecule has 2 heterocycles. The van der Waals surface area contributed by atoms with Crippen LogP contribution in [0.4, 0.5) is 0 Å². The highest BCUT2D eigenvalue weighted by Gasteiger charge is 2.24. The van der Waals surface area contributed by atoms with Crippen LogP contribution in [-0.4, -0.2) is 17.7 Å².